The van der Waals surface area contributed by atoms with Crippen LogP contribution in [0.3, 0.4) is 0 Å². The largest absolute Gasteiger partial charge is 0.436 e. The minimum Gasteiger partial charge on any atom is -0.436 e. The number of hydrogen-bond acceptors (Lipinski definition) is 3. The van der Waals surface area contributed by atoms with Gasteiger partial charge in [-0.2, -0.15) is 0 Å². The van der Waals surface area contributed by atoms with Crippen LogP contribution in [0.25, 0.3) is 0 Å². The second kappa shape index (κ2) is 4.28. The lowest BCUT2D eigenvalue weighted by Gasteiger charge is -2.13. The summed E-state index contributed by atoms with van der Waals surface area (Å²) in [6, 6.07) is 0. The Labute approximate surface area is 61.0 Å². The molecule has 0 heterocycles. The van der Waals surface area contributed by atoms with E-state index in [-0.39, 0.29) is 11.9 Å². The van der Waals surface area contributed by atoms with E-state index in [1.54, 1.807) is 20.8 Å². The van der Waals surface area contributed by atoms with Crippen molar-refractivity contribution < 1.29 is 14.6 Å². The zero-order chi connectivity index (χ0) is 8.15. The molecule has 0 saturated heterocycles. The standard InChI is InChI=1S/C7H14O3/c1-4-6(8)10-7(9)5(2)3/h5,7,9H,4H2,1-3H3. The summed E-state index contributed by atoms with van der Waals surface area (Å²) >= 11 is 0. The molecule has 60 valence electrons. The highest BCUT2D eigenvalue weighted by molar-refractivity contribution is 5.68. The van der Waals surface area contributed by atoms with Crippen LogP contribution in [0.1, 0.15) is 27.2 Å². The van der Waals surface area contributed by atoms with Gasteiger partial charge in [-0.15, -0.1) is 0 Å². The molecule has 1 unspecified atom stereocenters. The van der Waals surface area contributed by atoms with E-state index in [1.165, 1.54) is 0 Å². The number of esters is 1. The Morgan fingerprint density at radius 3 is 2.40 bits per heavy atom. The summed E-state index contributed by atoms with van der Waals surface area (Å²) in [5, 5.41) is 8.98. The molecule has 0 bridgehead atoms. The molecular formula is C7H14O3. The van der Waals surface area contributed by atoms with Gasteiger partial charge in [-0.25, -0.2) is 0 Å². The Balaban J connectivity index is 3.57. The molecule has 1 atom stereocenters. The lowest BCUT2D eigenvalue weighted by molar-refractivity contribution is -0.174. The molecule has 0 rings (SSSR count). The molecule has 0 radical (unpaired) electrons. The van der Waals surface area contributed by atoms with Gasteiger partial charge in [-0.05, 0) is 0 Å². The first-order valence-corrected chi connectivity index (χ1v) is 3.45. The van der Waals surface area contributed by atoms with Crippen LogP contribution >= 0.6 is 0 Å². The molecule has 10 heavy (non-hydrogen) atoms. The SMILES string of the molecule is CCC(=O)OC(O)C(C)C. The van der Waals surface area contributed by atoms with E-state index < -0.39 is 6.29 Å². The molecule has 0 fully saturated rings. The summed E-state index contributed by atoms with van der Waals surface area (Å²) in [6.45, 7) is 5.26. The van der Waals surface area contributed by atoms with E-state index in [2.05, 4.69) is 4.74 Å². The van der Waals surface area contributed by atoms with Crippen LogP contribution in [0.15, 0.2) is 0 Å². The maximum absolute atomic E-state index is 10.5. The van der Waals surface area contributed by atoms with Crippen LogP contribution < -0.4 is 0 Å². The number of ether oxygens (including phenoxy) is 1. The summed E-state index contributed by atoms with van der Waals surface area (Å²) in [5.41, 5.74) is 0. The predicted molar refractivity (Wildman–Crippen MR) is 37.2 cm³/mol. The summed E-state index contributed by atoms with van der Waals surface area (Å²) in [6.07, 6.45) is -0.642. The number of carbonyl (C=O) groups excluding carboxylic acids is 1. The zero-order valence-corrected chi connectivity index (χ0v) is 6.63. The van der Waals surface area contributed by atoms with Gasteiger partial charge in [0, 0.05) is 12.3 Å². The van der Waals surface area contributed by atoms with Crippen molar-refractivity contribution >= 4 is 5.97 Å². The average molecular weight is 146 g/mol. The van der Waals surface area contributed by atoms with E-state index in [9.17, 15) is 4.79 Å². The van der Waals surface area contributed by atoms with Gasteiger partial charge in [-0.3, -0.25) is 4.79 Å². The molecule has 0 aromatic rings. The molecule has 0 saturated carbocycles. The molecular weight excluding hydrogens is 132 g/mol. The van der Waals surface area contributed by atoms with Gasteiger partial charge in [-0.1, -0.05) is 20.8 Å². The van der Waals surface area contributed by atoms with Crippen LogP contribution in [0.5, 0.6) is 0 Å². The topological polar surface area (TPSA) is 46.5 Å². The van der Waals surface area contributed by atoms with Crippen molar-refractivity contribution in [2.24, 2.45) is 5.92 Å². The number of aliphatic hydroxyl groups is 1. The fraction of sp³-hybridized carbons (Fsp3) is 0.857. The Morgan fingerprint density at radius 1 is 1.60 bits per heavy atom. The van der Waals surface area contributed by atoms with Crippen molar-refractivity contribution in [3.8, 4) is 0 Å². The van der Waals surface area contributed by atoms with Gasteiger partial charge in [0.2, 0.25) is 6.29 Å². The third-order valence-corrected chi connectivity index (χ3v) is 1.11. The molecule has 3 heteroatoms. The van der Waals surface area contributed by atoms with Gasteiger partial charge >= 0.3 is 5.97 Å². The van der Waals surface area contributed by atoms with Crippen molar-refractivity contribution in [1.82, 2.24) is 0 Å². The van der Waals surface area contributed by atoms with Gasteiger partial charge in [0.1, 0.15) is 0 Å². The Bertz CT molecular complexity index is 109. The van der Waals surface area contributed by atoms with E-state index in [0.717, 1.165) is 0 Å². The third kappa shape index (κ3) is 3.45. The average Bonchev–Trinajstić information content (AvgIpc) is 1.87. The highest BCUT2D eigenvalue weighted by atomic mass is 16.6. The molecule has 0 aliphatic heterocycles. The lowest BCUT2D eigenvalue weighted by Crippen LogP contribution is -2.22. The number of rotatable bonds is 3. The first-order valence-electron chi connectivity index (χ1n) is 3.45. The van der Waals surface area contributed by atoms with Crippen molar-refractivity contribution in [2.45, 2.75) is 33.5 Å². The molecule has 0 amide bonds. The van der Waals surface area contributed by atoms with Gasteiger partial charge < -0.3 is 9.84 Å². The third-order valence-electron chi connectivity index (χ3n) is 1.11. The molecule has 1 N–H and O–H groups in total. The maximum atomic E-state index is 10.5. The fourth-order valence-corrected chi connectivity index (χ4v) is 0.354. The van der Waals surface area contributed by atoms with Crippen LogP contribution in [0.2, 0.25) is 0 Å². The lowest BCUT2D eigenvalue weighted by atomic mass is 10.2. The highest BCUT2D eigenvalue weighted by Crippen LogP contribution is 2.03. The number of hydrogen-bond donors (Lipinski definition) is 1. The molecule has 3 nitrogen and oxygen atoms in total. The monoisotopic (exact) mass is 146 g/mol. The van der Waals surface area contributed by atoms with Crippen LogP contribution in [-0.4, -0.2) is 17.4 Å². The summed E-state index contributed by atoms with van der Waals surface area (Å²) in [7, 11) is 0. The maximum Gasteiger partial charge on any atom is 0.307 e. The quantitative estimate of drug-likeness (QED) is 0.475. The number of aliphatic hydroxyl groups excluding tert-OH is 1. The van der Waals surface area contributed by atoms with Crippen LogP contribution in [0.4, 0.5) is 0 Å². The Hall–Kier alpha value is -0.570. The van der Waals surface area contributed by atoms with Crippen molar-refractivity contribution in [3.05, 3.63) is 0 Å². The molecule has 0 spiro atoms. The summed E-state index contributed by atoms with van der Waals surface area (Å²) < 4.78 is 4.58. The van der Waals surface area contributed by atoms with E-state index in [0.29, 0.717) is 6.42 Å². The second-order valence-corrected chi connectivity index (χ2v) is 2.48. The minimum atomic E-state index is -0.951. The Kier molecular flexibility index (Phi) is 4.03. The minimum absolute atomic E-state index is 0.0319. The van der Waals surface area contributed by atoms with E-state index >= 15 is 0 Å². The Morgan fingerprint density at radius 2 is 2.10 bits per heavy atom. The van der Waals surface area contributed by atoms with Gasteiger partial charge in [0.25, 0.3) is 0 Å². The van der Waals surface area contributed by atoms with Crippen molar-refractivity contribution in [3.63, 3.8) is 0 Å². The number of carbonyl (C=O) groups is 1. The normalized spacial score (nSPS) is 13.3. The van der Waals surface area contributed by atoms with E-state index in [1.807, 2.05) is 0 Å². The smallest absolute Gasteiger partial charge is 0.307 e. The van der Waals surface area contributed by atoms with E-state index in [4.69, 9.17) is 5.11 Å². The summed E-state index contributed by atoms with van der Waals surface area (Å²) in [4.78, 5) is 10.5. The highest BCUT2D eigenvalue weighted by Gasteiger charge is 2.12. The first kappa shape index (κ1) is 9.43. The van der Waals surface area contributed by atoms with Gasteiger partial charge in [0.05, 0.1) is 0 Å². The fourth-order valence-electron chi connectivity index (χ4n) is 0.354. The molecule has 0 aromatic heterocycles. The molecule has 0 aliphatic carbocycles. The van der Waals surface area contributed by atoms with Crippen LogP contribution in [0, 0.1) is 5.92 Å². The zero-order valence-electron chi connectivity index (χ0n) is 6.63. The van der Waals surface area contributed by atoms with Crippen LogP contribution in [-0.2, 0) is 9.53 Å². The molecule has 0 aliphatic rings. The molecule has 0 aromatic carbocycles. The predicted octanol–water partition coefficient (Wildman–Crippen LogP) is 0.914. The van der Waals surface area contributed by atoms with Gasteiger partial charge in [0.15, 0.2) is 0 Å². The second-order valence-electron chi connectivity index (χ2n) is 2.48. The van der Waals surface area contributed by atoms with Crippen molar-refractivity contribution in [1.29, 1.82) is 0 Å². The van der Waals surface area contributed by atoms with Crippen molar-refractivity contribution in [2.75, 3.05) is 0 Å². The first-order chi connectivity index (χ1) is 4.57. The summed E-state index contributed by atoms with van der Waals surface area (Å²) in [5.74, 6) is -0.392.